The largest absolute Gasteiger partial charge is 0.494 e. The van der Waals surface area contributed by atoms with Crippen LogP contribution in [0.15, 0.2) is 11.1 Å². The van der Waals surface area contributed by atoms with Crippen LogP contribution in [-0.2, 0) is 4.57 Å². The Labute approximate surface area is 66.6 Å². The summed E-state index contributed by atoms with van der Waals surface area (Å²) in [6.07, 6.45) is 0. The molecule has 0 aliphatic carbocycles. The second-order valence-electron chi connectivity index (χ2n) is 1.83. The maximum atomic E-state index is 10.8. The van der Waals surface area contributed by atoms with Crippen LogP contribution in [0.5, 0.6) is 5.88 Å². The number of nitrogens with two attached hydrogens (primary N) is 2. The van der Waals surface area contributed by atoms with Crippen LogP contribution in [0, 0.1) is 0 Å². The lowest BCUT2D eigenvalue weighted by molar-refractivity contribution is 0.452. The van der Waals surface area contributed by atoms with Gasteiger partial charge in [0.2, 0.25) is 5.88 Å². The zero-order valence-corrected chi connectivity index (χ0v) is 7.10. The van der Waals surface area contributed by atoms with Gasteiger partial charge in [0, 0.05) is 6.07 Å². The summed E-state index contributed by atoms with van der Waals surface area (Å²) >= 11 is 0.730. The zero-order chi connectivity index (χ0) is 8.48. The standard InChI is InChI=1S/C3H7N4O2PS/c4-10(5,9)11-3-1-2(8)6-7-3/h1H,(H4,4,5,9)(H2,6,7,8). The molecule has 0 fully saturated rings. The molecule has 6 N–H and O–H groups in total. The van der Waals surface area contributed by atoms with Crippen molar-refractivity contribution < 1.29 is 9.67 Å². The minimum atomic E-state index is -3.15. The van der Waals surface area contributed by atoms with E-state index in [1.807, 2.05) is 0 Å². The Balaban J connectivity index is 2.73. The molecule has 0 unspecified atom stereocenters. The average Bonchev–Trinajstić information content (AvgIpc) is 2.10. The predicted octanol–water partition coefficient (Wildman–Crippen LogP) is 0.233. The summed E-state index contributed by atoms with van der Waals surface area (Å²) in [6.45, 7) is -3.15. The van der Waals surface area contributed by atoms with Crippen molar-refractivity contribution in [2.75, 3.05) is 0 Å². The molecule has 0 saturated heterocycles. The van der Waals surface area contributed by atoms with Crippen LogP contribution in [0.3, 0.4) is 0 Å². The Kier molecular flexibility index (Phi) is 2.24. The second-order valence-corrected chi connectivity index (χ2v) is 5.98. The van der Waals surface area contributed by atoms with E-state index < -0.39 is 6.65 Å². The van der Waals surface area contributed by atoms with Crippen molar-refractivity contribution >= 4 is 18.0 Å². The van der Waals surface area contributed by atoms with E-state index in [0.717, 1.165) is 11.4 Å². The first-order valence-corrected chi connectivity index (χ1v) is 5.85. The SMILES string of the molecule is NP(N)(=O)Sc1cc(O)[nH]n1. The molecule has 8 heteroatoms. The molecule has 1 rings (SSSR count). The summed E-state index contributed by atoms with van der Waals surface area (Å²) in [5.41, 5.74) is 10.1. The van der Waals surface area contributed by atoms with Crippen LogP contribution in [0.4, 0.5) is 0 Å². The summed E-state index contributed by atoms with van der Waals surface area (Å²) in [6, 6.07) is 1.29. The molecule has 1 heterocycles. The normalized spacial score (nSPS) is 11.8. The summed E-state index contributed by atoms with van der Waals surface area (Å²) in [5, 5.41) is 14.9. The molecule has 6 nitrogen and oxygen atoms in total. The molecule has 62 valence electrons. The molecule has 1 aromatic rings. The van der Waals surface area contributed by atoms with Crippen LogP contribution in [0.2, 0.25) is 0 Å². The molecule has 0 spiro atoms. The number of hydrogen-bond acceptors (Lipinski definition) is 4. The maximum Gasteiger partial charge on any atom is 0.267 e. The van der Waals surface area contributed by atoms with Crippen molar-refractivity contribution in [3.8, 4) is 5.88 Å². The van der Waals surface area contributed by atoms with Crippen LogP contribution in [-0.4, -0.2) is 15.3 Å². The molecule has 0 aliphatic heterocycles. The number of nitrogens with zero attached hydrogens (tertiary/aromatic N) is 1. The summed E-state index contributed by atoms with van der Waals surface area (Å²) < 4.78 is 10.8. The Morgan fingerprint density at radius 1 is 1.73 bits per heavy atom. The first-order valence-electron chi connectivity index (χ1n) is 2.58. The molecule has 11 heavy (non-hydrogen) atoms. The molecule has 0 aliphatic rings. The van der Waals surface area contributed by atoms with Crippen molar-refractivity contribution in [2.24, 2.45) is 11.0 Å². The smallest absolute Gasteiger partial charge is 0.267 e. The van der Waals surface area contributed by atoms with Crippen molar-refractivity contribution in [1.82, 2.24) is 10.2 Å². The Morgan fingerprint density at radius 3 is 2.73 bits per heavy atom. The Hall–Kier alpha value is -0.490. The third-order valence-electron chi connectivity index (χ3n) is 0.777. The highest BCUT2D eigenvalue weighted by Crippen LogP contribution is 2.47. The van der Waals surface area contributed by atoms with E-state index in [1.165, 1.54) is 6.07 Å². The number of hydrogen-bond donors (Lipinski definition) is 4. The third-order valence-corrected chi connectivity index (χ3v) is 2.88. The highest BCUT2D eigenvalue weighted by Gasteiger charge is 2.13. The number of aromatic nitrogens is 2. The van der Waals surface area contributed by atoms with E-state index in [1.54, 1.807) is 0 Å². The number of nitrogens with one attached hydrogen (secondary N) is 1. The van der Waals surface area contributed by atoms with E-state index in [4.69, 9.17) is 16.1 Å². The fourth-order valence-electron chi connectivity index (χ4n) is 0.487. The summed E-state index contributed by atoms with van der Waals surface area (Å²) in [5.74, 6) is -0.110. The van der Waals surface area contributed by atoms with E-state index in [9.17, 15) is 4.57 Å². The zero-order valence-electron chi connectivity index (χ0n) is 5.39. The molecule has 0 amide bonds. The second kappa shape index (κ2) is 2.86. The van der Waals surface area contributed by atoms with Gasteiger partial charge in [-0.15, -0.1) is 0 Å². The molecule has 0 saturated carbocycles. The van der Waals surface area contributed by atoms with Gasteiger partial charge < -0.3 is 5.11 Å². The van der Waals surface area contributed by atoms with Gasteiger partial charge in [0.25, 0.3) is 6.65 Å². The van der Waals surface area contributed by atoms with Crippen LogP contribution >= 0.6 is 18.0 Å². The number of rotatable bonds is 2. The summed E-state index contributed by atoms with van der Waals surface area (Å²) in [4.78, 5) is 0. The summed E-state index contributed by atoms with van der Waals surface area (Å²) in [7, 11) is 0. The lowest BCUT2D eigenvalue weighted by Gasteiger charge is -1.99. The predicted molar refractivity (Wildman–Crippen MR) is 42.1 cm³/mol. The first kappa shape index (κ1) is 8.61. The van der Waals surface area contributed by atoms with Gasteiger partial charge >= 0.3 is 0 Å². The van der Waals surface area contributed by atoms with Gasteiger partial charge in [-0.3, -0.25) is 15.6 Å². The first-order chi connectivity index (χ1) is 4.97. The van der Waals surface area contributed by atoms with E-state index in [2.05, 4.69) is 10.2 Å². The van der Waals surface area contributed by atoms with E-state index in [0.29, 0.717) is 5.03 Å². The van der Waals surface area contributed by atoms with Crippen LogP contribution in [0.1, 0.15) is 0 Å². The number of aromatic hydroxyl groups is 1. The number of aromatic amines is 1. The van der Waals surface area contributed by atoms with Gasteiger partial charge in [0.15, 0.2) is 0 Å². The fraction of sp³-hybridized carbons (Fsp3) is 0. The Bertz CT molecular complexity index is 293. The maximum absolute atomic E-state index is 10.8. The van der Waals surface area contributed by atoms with Gasteiger partial charge in [0.05, 0.1) is 0 Å². The minimum absolute atomic E-state index is 0.110. The van der Waals surface area contributed by atoms with Gasteiger partial charge in [-0.1, -0.05) is 0 Å². The number of H-pyrrole nitrogens is 1. The third kappa shape index (κ3) is 2.94. The van der Waals surface area contributed by atoms with Gasteiger partial charge in [-0.25, -0.2) is 5.10 Å². The van der Waals surface area contributed by atoms with Crippen LogP contribution in [0.25, 0.3) is 0 Å². The van der Waals surface area contributed by atoms with E-state index >= 15 is 0 Å². The van der Waals surface area contributed by atoms with Crippen molar-refractivity contribution in [1.29, 1.82) is 0 Å². The minimum Gasteiger partial charge on any atom is -0.494 e. The molecular formula is C3H7N4O2PS. The van der Waals surface area contributed by atoms with Gasteiger partial charge in [-0.2, -0.15) is 5.10 Å². The van der Waals surface area contributed by atoms with E-state index in [-0.39, 0.29) is 5.88 Å². The topological polar surface area (TPSA) is 118 Å². The molecule has 0 aromatic carbocycles. The highest BCUT2D eigenvalue weighted by atomic mass is 32.7. The molecule has 0 atom stereocenters. The van der Waals surface area contributed by atoms with Crippen molar-refractivity contribution in [3.05, 3.63) is 6.07 Å². The highest BCUT2D eigenvalue weighted by molar-refractivity contribution is 8.56. The van der Waals surface area contributed by atoms with Gasteiger partial charge in [-0.05, 0) is 11.4 Å². The van der Waals surface area contributed by atoms with Crippen molar-refractivity contribution in [3.63, 3.8) is 0 Å². The monoisotopic (exact) mass is 194 g/mol. The molecule has 0 bridgehead atoms. The van der Waals surface area contributed by atoms with Crippen LogP contribution < -0.4 is 11.0 Å². The Morgan fingerprint density at radius 2 is 2.36 bits per heavy atom. The fourth-order valence-corrected chi connectivity index (χ4v) is 2.19. The van der Waals surface area contributed by atoms with Crippen molar-refractivity contribution in [2.45, 2.75) is 5.03 Å². The molecular weight excluding hydrogens is 187 g/mol. The lowest BCUT2D eigenvalue weighted by atomic mass is 10.7. The quantitative estimate of drug-likeness (QED) is 0.500. The van der Waals surface area contributed by atoms with Gasteiger partial charge in [0.1, 0.15) is 5.03 Å². The average molecular weight is 194 g/mol. The lowest BCUT2D eigenvalue weighted by Crippen LogP contribution is -1.99. The molecule has 0 radical (unpaired) electrons. The molecule has 1 aromatic heterocycles.